The molecule has 1 aliphatic rings. The average Bonchev–Trinajstić information content (AvgIpc) is 2.58. The number of likely N-dealkylation sites (tertiary alicyclic amines) is 1. The normalized spacial score (nSPS) is 24.9. The summed E-state index contributed by atoms with van der Waals surface area (Å²) in [5, 5.41) is 3.36. The maximum absolute atomic E-state index is 13.5. The Bertz CT molecular complexity index is 387. The van der Waals surface area contributed by atoms with Gasteiger partial charge < -0.3 is 15.0 Å². The molecule has 17 heavy (non-hydrogen) atoms. The van der Waals surface area contributed by atoms with Crippen molar-refractivity contribution in [1.29, 1.82) is 0 Å². The van der Waals surface area contributed by atoms with Crippen LogP contribution >= 0.6 is 0 Å². The van der Waals surface area contributed by atoms with E-state index in [1.807, 2.05) is 6.07 Å². The first kappa shape index (κ1) is 12.2. The highest BCUT2D eigenvalue weighted by Crippen LogP contribution is 2.24. The molecule has 94 valence electrons. The van der Waals surface area contributed by atoms with Crippen LogP contribution in [0.25, 0.3) is 0 Å². The van der Waals surface area contributed by atoms with E-state index >= 15 is 0 Å². The molecule has 2 rings (SSSR count). The van der Waals surface area contributed by atoms with E-state index in [4.69, 9.17) is 4.74 Å². The standard InChI is InChI=1S/C13H19FN2O/c1-9-6-11(8-16(9)2)15-10-4-5-13(17-3)12(14)7-10/h4-5,7,9,11,15H,6,8H2,1-3H3. The van der Waals surface area contributed by atoms with E-state index in [-0.39, 0.29) is 11.6 Å². The highest BCUT2D eigenvalue weighted by atomic mass is 19.1. The van der Waals surface area contributed by atoms with Gasteiger partial charge >= 0.3 is 0 Å². The van der Waals surface area contributed by atoms with Crippen molar-refractivity contribution >= 4 is 5.69 Å². The number of benzene rings is 1. The Balaban J connectivity index is 2.02. The van der Waals surface area contributed by atoms with Crippen molar-refractivity contribution in [3.63, 3.8) is 0 Å². The van der Waals surface area contributed by atoms with Crippen molar-refractivity contribution in [3.05, 3.63) is 24.0 Å². The number of methoxy groups -OCH3 is 1. The number of anilines is 1. The van der Waals surface area contributed by atoms with E-state index in [0.717, 1.165) is 18.7 Å². The van der Waals surface area contributed by atoms with Gasteiger partial charge in [-0.05, 0) is 32.5 Å². The smallest absolute Gasteiger partial charge is 0.167 e. The summed E-state index contributed by atoms with van der Waals surface area (Å²) in [5.41, 5.74) is 0.816. The van der Waals surface area contributed by atoms with Gasteiger partial charge in [-0.1, -0.05) is 0 Å². The summed E-state index contributed by atoms with van der Waals surface area (Å²) in [7, 11) is 3.58. The molecule has 1 N–H and O–H groups in total. The summed E-state index contributed by atoms with van der Waals surface area (Å²) >= 11 is 0. The first-order valence-electron chi connectivity index (χ1n) is 5.90. The van der Waals surface area contributed by atoms with Gasteiger partial charge in [0.2, 0.25) is 0 Å². The summed E-state index contributed by atoms with van der Waals surface area (Å²) in [6, 6.07) is 5.96. The van der Waals surface area contributed by atoms with Crippen LogP contribution in [0.15, 0.2) is 18.2 Å². The predicted octanol–water partition coefficient (Wildman–Crippen LogP) is 2.34. The fraction of sp³-hybridized carbons (Fsp3) is 0.538. The van der Waals surface area contributed by atoms with Gasteiger partial charge in [0.25, 0.3) is 0 Å². The Morgan fingerprint density at radius 1 is 1.47 bits per heavy atom. The Labute approximate surface area is 102 Å². The van der Waals surface area contributed by atoms with Crippen LogP contribution < -0.4 is 10.1 Å². The minimum atomic E-state index is -0.322. The molecule has 0 aromatic heterocycles. The van der Waals surface area contributed by atoms with Crippen molar-refractivity contribution in [1.82, 2.24) is 4.90 Å². The molecule has 4 heteroatoms. The zero-order valence-electron chi connectivity index (χ0n) is 10.5. The van der Waals surface area contributed by atoms with Gasteiger partial charge in [-0.15, -0.1) is 0 Å². The average molecular weight is 238 g/mol. The number of ether oxygens (including phenoxy) is 1. The maximum atomic E-state index is 13.5. The number of nitrogens with one attached hydrogen (secondary N) is 1. The molecule has 0 amide bonds. The minimum Gasteiger partial charge on any atom is -0.494 e. The molecule has 0 bridgehead atoms. The quantitative estimate of drug-likeness (QED) is 0.874. The topological polar surface area (TPSA) is 24.5 Å². The zero-order chi connectivity index (χ0) is 12.4. The number of rotatable bonds is 3. The van der Waals surface area contributed by atoms with Gasteiger partial charge in [-0.2, -0.15) is 0 Å². The van der Waals surface area contributed by atoms with Crippen molar-refractivity contribution in [3.8, 4) is 5.75 Å². The highest BCUT2D eigenvalue weighted by molar-refractivity contribution is 5.48. The summed E-state index contributed by atoms with van der Waals surface area (Å²) in [6.45, 7) is 3.20. The molecule has 2 atom stereocenters. The number of nitrogens with zero attached hydrogens (tertiary/aromatic N) is 1. The lowest BCUT2D eigenvalue weighted by atomic mass is 10.2. The fourth-order valence-corrected chi connectivity index (χ4v) is 2.29. The van der Waals surface area contributed by atoms with E-state index in [9.17, 15) is 4.39 Å². The van der Waals surface area contributed by atoms with E-state index in [1.165, 1.54) is 13.2 Å². The van der Waals surface area contributed by atoms with Gasteiger partial charge in [0.05, 0.1) is 7.11 Å². The third-order valence-corrected chi connectivity index (χ3v) is 3.41. The molecule has 0 spiro atoms. The Morgan fingerprint density at radius 3 is 2.76 bits per heavy atom. The lowest BCUT2D eigenvalue weighted by molar-refractivity contribution is 0.330. The summed E-state index contributed by atoms with van der Waals surface area (Å²) < 4.78 is 18.4. The summed E-state index contributed by atoms with van der Waals surface area (Å²) in [4.78, 5) is 2.30. The fourth-order valence-electron chi connectivity index (χ4n) is 2.29. The Hall–Kier alpha value is -1.29. The highest BCUT2D eigenvalue weighted by Gasteiger charge is 2.25. The number of halogens is 1. The minimum absolute atomic E-state index is 0.285. The molecule has 0 radical (unpaired) electrons. The molecule has 1 aliphatic heterocycles. The van der Waals surface area contributed by atoms with E-state index < -0.39 is 0 Å². The van der Waals surface area contributed by atoms with Crippen LogP contribution in [0.4, 0.5) is 10.1 Å². The van der Waals surface area contributed by atoms with Crippen LogP contribution in [0.2, 0.25) is 0 Å². The second kappa shape index (κ2) is 4.92. The largest absolute Gasteiger partial charge is 0.494 e. The van der Waals surface area contributed by atoms with Crippen molar-refractivity contribution < 1.29 is 9.13 Å². The summed E-state index contributed by atoms with van der Waals surface area (Å²) in [6.07, 6.45) is 1.09. The second-order valence-electron chi connectivity index (χ2n) is 4.71. The van der Waals surface area contributed by atoms with Crippen LogP contribution in [0.1, 0.15) is 13.3 Å². The van der Waals surface area contributed by atoms with Gasteiger partial charge in [0.1, 0.15) is 0 Å². The van der Waals surface area contributed by atoms with Gasteiger partial charge in [0, 0.05) is 30.4 Å². The van der Waals surface area contributed by atoms with E-state index in [0.29, 0.717) is 12.1 Å². The monoisotopic (exact) mass is 238 g/mol. The lowest BCUT2D eigenvalue weighted by Gasteiger charge is -2.15. The second-order valence-corrected chi connectivity index (χ2v) is 4.71. The van der Waals surface area contributed by atoms with Gasteiger partial charge in [-0.3, -0.25) is 0 Å². The third kappa shape index (κ3) is 2.69. The molecule has 0 saturated carbocycles. The summed E-state index contributed by atoms with van der Waals surface area (Å²) in [5.74, 6) is -0.0376. The number of hydrogen-bond acceptors (Lipinski definition) is 3. The molecule has 3 nitrogen and oxygen atoms in total. The van der Waals surface area contributed by atoms with Crippen LogP contribution in [0, 0.1) is 5.82 Å². The number of likely N-dealkylation sites (N-methyl/N-ethyl adjacent to an activating group) is 1. The number of hydrogen-bond donors (Lipinski definition) is 1. The van der Waals surface area contributed by atoms with Crippen LogP contribution in [-0.4, -0.2) is 37.7 Å². The molecule has 1 fully saturated rings. The predicted molar refractivity (Wildman–Crippen MR) is 67.1 cm³/mol. The van der Waals surface area contributed by atoms with Crippen molar-refractivity contribution in [2.45, 2.75) is 25.4 Å². The Kier molecular flexibility index (Phi) is 3.52. The molecule has 1 aromatic rings. The first-order chi connectivity index (χ1) is 8.10. The molecule has 1 saturated heterocycles. The molecule has 0 aliphatic carbocycles. The molecular formula is C13H19FN2O. The molecular weight excluding hydrogens is 219 g/mol. The molecule has 1 aromatic carbocycles. The van der Waals surface area contributed by atoms with Crippen LogP contribution in [-0.2, 0) is 0 Å². The van der Waals surface area contributed by atoms with E-state index in [1.54, 1.807) is 6.07 Å². The van der Waals surface area contributed by atoms with Gasteiger partial charge in [-0.25, -0.2) is 4.39 Å². The maximum Gasteiger partial charge on any atom is 0.167 e. The van der Waals surface area contributed by atoms with Crippen molar-refractivity contribution in [2.75, 3.05) is 26.0 Å². The zero-order valence-corrected chi connectivity index (χ0v) is 10.5. The van der Waals surface area contributed by atoms with Gasteiger partial charge in [0.15, 0.2) is 11.6 Å². The Morgan fingerprint density at radius 2 is 2.24 bits per heavy atom. The lowest BCUT2D eigenvalue weighted by Crippen LogP contribution is -2.24. The first-order valence-corrected chi connectivity index (χ1v) is 5.90. The SMILES string of the molecule is COc1ccc(NC2CC(C)N(C)C2)cc1F. The van der Waals surface area contributed by atoms with Crippen molar-refractivity contribution in [2.24, 2.45) is 0 Å². The molecule has 1 heterocycles. The third-order valence-electron chi connectivity index (χ3n) is 3.41. The van der Waals surface area contributed by atoms with Crippen LogP contribution in [0.3, 0.4) is 0 Å². The van der Waals surface area contributed by atoms with E-state index in [2.05, 4.69) is 24.2 Å². The molecule has 2 unspecified atom stereocenters. The van der Waals surface area contributed by atoms with Crippen LogP contribution in [0.5, 0.6) is 5.75 Å².